The Morgan fingerprint density at radius 2 is 1.94 bits per heavy atom. The van der Waals surface area contributed by atoms with E-state index in [1.165, 1.54) is 18.7 Å². The number of carbonyl (C=O) groups excluding carboxylic acids is 1. The molecule has 0 radical (unpaired) electrons. The molecule has 0 saturated heterocycles. The van der Waals surface area contributed by atoms with Gasteiger partial charge < -0.3 is 5.11 Å². The molecule has 16 heavy (non-hydrogen) atoms. The molecule has 0 aliphatic rings. The average Bonchev–Trinajstić information content (AvgIpc) is 2.25. The molecule has 1 aromatic rings. The minimum atomic E-state index is -0.852. The molecule has 1 aromatic carbocycles. The van der Waals surface area contributed by atoms with Crippen molar-refractivity contribution in [2.45, 2.75) is 18.6 Å². The highest BCUT2D eigenvalue weighted by atomic mass is 32.2. The molecule has 0 saturated carbocycles. The summed E-state index contributed by atoms with van der Waals surface area (Å²) in [5.41, 5.74) is 1.00. The molecule has 1 atom stereocenters. The van der Waals surface area contributed by atoms with E-state index in [0.717, 1.165) is 5.56 Å². The molecule has 1 N–H and O–H groups in total. The quantitative estimate of drug-likeness (QED) is 0.827. The van der Waals surface area contributed by atoms with Crippen LogP contribution < -0.4 is 0 Å². The van der Waals surface area contributed by atoms with Crippen LogP contribution in [0.15, 0.2) is 30.3 Å². The Balaban J connectivity index is 2.71. The van der Waals surface area contributed by atoms with Crippen LogP contribution in [0.2, 0.25) is 0 Å². The number of thioether (sulfide) groups is 1. The number of hydrogen-bond acceptors (Lipinski definition) is 3. The van der Waals surface area contributed by atoms with Gasteiger partial charge in [0.15, 0.2) is 0 Å². The summed E-state index contributed by atoms with van der Waals surface area (Å²) in [7, 11) is 0. The molecule has 0 aliphatic carbocycles. The van der Waals surface area contributed by atoms with Gasteiger partial charge in [0.25, 0.3) is 0 Å². The lowest BCUT2D eigenvalue weighted by Crippen LogP contribution is -2.05. The average molecular weight is 238 g/mol. The number of carbonyl (C=O) groups is 2. The van der Waals surface area contributed by atoms with Gasteiger partial charge in [-0.25, -0.2) is 0 Å². The molecule has 3 nitrogen and oxygen atoms in total. The van der Waals surface area contributed by atoms with Crippen molar-refractivity contribution in [3.8, 4) is 0 Å². The maximum atomic E-state index is 11.1. The number of ketones is 1. The molecule has 0 aromatic heterocycles. The van der Waals surface area contributed by atoms with Crippen molar-refractivity contribution in [3.05, 3.63) is 35.9 Å². The summed E-state index contributed by atoms with van der Waals surface area (Å²) in [6.07, 6.45) is 0.377. The molecule has 4 heteroatoms. The Morgan fingerprint density at radius 1 is 1.31 bits per heavy atom. The zero-order valence-electron chi connectivity index (χ0n) is 9.05. The SMILES string of the molecule is CC(=O)CC(SCC(=O)O)c1ccccc1. The van der Waals surface area contributed by atoms with Crippen LogP contribution in [-0.4, -0.2) is 22.6 Å². The van der Waals surface area contributed by atoms with E-state index in [9.17, 15) is 9.59 Å². The summed E-state index contributed by atoms with van der Waals surface area (Å²) in [6.45, 7) is 1.53. The van der Waals surface area contributed by atoms with Gasteiger partial charge in [-0.15, -0.1) is 11.8 Å². The van der Waals surface area contributed by atoms with Crippen LogP contribution in [-0.2, 0) is 9.59 Å². The van der Waals surface area contributed by atoms with Crippen molar-refractivity contribution < 1.29 is 14.7 Å². The topological polar surface area (TPSA) is 54.4 Å². The lowest BCUT2D eigenvalue weighted by Gasteiger charge is -2.14. The molecule has 0 fully saturated rings. The van der Waals surface area contributed by atoms with Crippen LogP contribution in [0.3, 0.4) is 0 Å². The largest absolute Gasteiger partial charge is 0.481 e. The van der Waals surface area contributed by atoms with Gasteiger partial charge in [-0.2, -0.15) is 0 Å². The predicted octanol–water partition coefficient (Wildman–Crippen LogP) is 2.52. The number of Topliss-reactive ketones (excluding diaryl/α,β-unsaturated/α-hetero) is 1. The maximum Gasteiger partial charge on any atom is 0.313 e. The fourth-order valence-corrected chi connectivity index (χ4v) is 2.42. The van der Waals surface area contributed by atoms with Gasteiger partial charge in [0, 0.05) is 11.7 Å². The van der Waals surface area contributed by atoms with Gasteiger partial charge in [0.2, 0.25) is 0 Å². The molecule has 1 unspecified atom stereocenters. The third-order valence-corrected chi connectivity index (χ3v) is 3.31. The van der Waals surface area contributed by atoms with Crippen LogP contribution >= 0.6 is 11.8 Å². The van der Waals surface area contributed by atoms with Crippen LogP contribution in [0.1, 0.15) is 24.2 Å². The lowest BCUT2D eigenvalue weighted by atomic mass is 10.1. The number of rotatable bonds is 6. The van der Waals surface area contributed by atoms with Gasteiger partial charge >= 0.3 is 5.97 Å². The first kappa shape index (κ1) is 12.8. The molecule has 0 spiro atoms. The van der Waals surface area contributed by atoms with Crippen LogP contribution in [0.25, 0.3) is 0 Å². The Labute approximate surface area is 98.9 Å². The molecule has 1 rings (SSSR count). The Kier molecular flexibility index (Phi) is 5.05. The summed E-state index contributed by atoms with van der Waals surface area (Å²) < 4.78 is 0. The minimum absolute atomic E-state index is 0.0207. The summed E-state index contributed by atoms with van der Waals surface area (Å²) in [6, 6.07) is 9.52. The summed E-state index contributed by atoms with van der Waals surface area (Å²) in [4.78, 5) is 21.6. The number of hydrogen-bond donors (Lipinski definition) is 1. The zero-order chi connectivity index (χ0) is 12.0. The standard InChI is InChI=1S/C12H14O3S/c1-9(13)7-11(16-8-12(14)15)10-5-3-2-4-6-10/h2-6,11H,7-8H2,1H3,(H,14,15). The fraction of sp³-hybridized carbons (Fsp3) is 0.333. The number of carboxylic acids is 1. The maximum absolute atomic E-state index is 11.1. The smallest absolute Gasteiger partial charge is 0.313 e. The lowest BCUT2D eigenvalue weighted by molar-refractivity contribution is -0.134. The van der Waals surface area contributed by atoms with Crippen molar-refractivity contribution in [2.75, 3.05) is 5.75 Å². The first-order valence-corrected chi connectivity index (χ1v) is 6.02. The predicted molar refractivity (Wildman–Crippen MR) is 64.6 cm³/mol. The summed E-state index contributed by atoms with van der Waals surface area (Å²) >= 11 is 1.29. The van der Waals surface area contributed by atoms with Crippen molar-refractivity contribution in [1.82, 2.24) is 0 Å². The molecule has 0 bridgehead atoms. The van der Waals surface area contributed by atoms with E-state index < -0.39 is 5.97 Å². The number of carboxylic acid groups (broad SMARTS) is 1. The molecule has 0 heterocycles. The van der Waals surface area contributed by atoms with Crippen LogP contribution in [0, 0.1) is 0 Å². The highest BCUT2D eigenvalue weighted by Gasteiger charge is 2.15. The third kappa shape index (κ3) is 4.49. The van der Waals surface area contributed by atoms with Crippen molar-refractivity contribution in [1.29, 1.82) is 0 Å². The second kappa shape index (κ2) is 6.33. The van der Waals surface area contributed by atoms with Gasteiger partial charge in [0.05, 0.1) is 5.75 Å². The van der Waals surface area contributed by atoms with Gasteiger partial charge in [-0.1, -0.05) is 30.3 Å². The molecular formula is C12H14O3S. The Morgan fingerprint density at radius 3 is 2.44 bits per heavy atom. The fourth-order valence-electron chi connectivity index (χ4n) is 1.37. The van der Waals surface area contributed by atoms with Gasteiger partial charge in [-0.3, -0.25) is 9.59 Å². The zero-order valence-corrected chi connectivity index (χ0v) is 9.87. The third-order valence-electron chi connectivity index (χ3n) is 2.05. The number of benzene rings is 1. The Hall–Kier alpha value is -1.29. The Bertz CT molecular complexity index is 362. The molecule has 0 aliphatic heterocycles. The summed E-state index contributed by atoms with van der Waals surface area (Å²) in [5, 5.41) is 8.58. The van der Waals surface area contributed by atoms with E-state index in [2.05, 4.69) is 0 Å². The van der Waals surface area contributed by atoms with Crippen LogP contribution in [0.4, 0.5) is 0 Å². The highest BCUT2D eigenvalue weighted by Crippen LogP contribution is 2.31. The number of aliphatic carboxylic acids is 1. The van der Waals surface area contributed by atoms with Gasteiger partial charge in [0.1, 0.15) is 5.78 Å². The van der Waals surface area contributed by atoms with E-state index in [0.29, 0.717) is 6.42 Å². The molecule has 86 valence electrons. The molecular weight excluding hydrogens is 224 g/mol. The molecule has 0 amide bonds. The monoisotopic (exact) mass is 238 g/mol. The first-order valence-electron chi connectivity index (χ1n) is 4.97. The van der Waals surface area contributed by atoms with E-state index in [1.54, 1.807) is 0 Å². The van der Waals surface area contributed by atoms with E-state index >= 15 is 0 Å². The highest BCUT2D eigenvalue weighted by molar-refractivity contribution is 8.00. The van der Waals surface area contributed by atoms with Crippen LogP contribution in [0.5, 0.6) is 0 Å². The van der Waals surface area contributed by atoms with E-state index in [4.69, 9.17) is 5.11 Å². The van der Waals surface area contributed by atoms with Crippen molar-refractivity contribution in [2.24, 2.45) is 0 Å². The first-order chi connectivity index (χ1) is 7.59. The second-order valence-electron chi connectivity index (χ2n) is 3.51. The van der Waals surface area contributed by atoms with Crippen molar-refractivity contribution >= 4 is 23.5 Å². The second-order valence-corrected chi connectivity index (χ2v) is 4.70. The summed E-state index contributed by atoms with van der Waals surface area (Å²) in [5.74, 6) is -0.756. The van der Waals surface area contributed by atoms with E-state index in [-0.39, 0.29) is 16.8 Å². The van der Waals surface area contributed by atoms with Gasteiger partial charge in [-0.05, 0) is 12.5 Å². The normalized spacial score (nSPS) is 12.1. The minimum Gasteiger partial charge on any atom is -0.481 e. The van der Waals surface area contributed by atoms with Crippen molar-refractivity contribution in [3.63, 3.8) is 0 Å². The van der Waals surface area contributed by atoms with E-state index in [1.807, 2.05) is 30.3 Å².